The molecular weight excluding hydrogens is 244 g/mol. The van der Waals surface area contributed by atoms with Crippen molar-refractivity contribution in [3.8, 4) is 12.3 Å². The van der Waals surface area contributed by atoms with Crippen LogP contribution in [0.3, 0.4) is 0 Å². The first-order valence-electron chi connectivity index (χ1n) is 5.93. The standard InChI is InChI=1S/C14H14N2O3/c1-3-9(2)15-14(19)16-7-6-10-8-11(13(17)18)4-5-12(10)16/h1,4-5,8-9H,6-7H2,2H3,(H,15,19)(H,17,18). The fourth-order valence-electron chi connectivity index (χ4n) is 2.05. The maximum Gasteiger partial charge on any atom is 0.335 e. The summed E-state index contributed by atoms with van der Waals surface area (Å²) in [6, 6.07) is 4.17. The Hall–Kier alpha value is -2.48. The van der Waals surface area contributed by atoms with Gasteiger partial charge in [-0.15, -0.1) is 6.42 Å². The summed E-state index contributed by atoms with van der Waals surface area (Å²) in [5.41, 5.74) is 1.84. The number of fused-ring (bicyclic) bond motifs is 1. The van der Waals surface area contributed by atoms with Crippen molar-refractivity contribution in [3.05, 3.63) is 29.3 Å². The van der Waals surface area contributed by atoms with Crippen LogP contribution in [0.15, 0.2) is 18.2 Å². The highest BCUT2D eigenvalue weighted by atomic mass is 16.4. The highest BCUT2D eigenvalue weighted by molar-refractivity contribution is 5.96. The molecule has 1 unspecified atom stereocenters. The molecule has 0 aliphatic carbocycles. The van der Waals surface area contributed by atoms with Gasteiger partial charge in [-0.2, -0.15) is 0 Å². The number of hydrogen-bond donors (Lipinski definition) is 2. The molecule has 1 aliphatic rings. The topological polar surface area (TPSA) is 69.6 Å². The van der Waals surface area contributed by atoms with Crippen molar-refractivity contribution >= 4 is 17.7 Å². The number of nitrogens with zero attached hydrogens (tertiary/aromatic N) is 1. The van der Waals surface area contributed by atoms with Gasteiger partial charge in [-0.05, 0) is 37.1 Å². The van der Waals surface area contributed by atoms with E-state index < -0.39 is 5.97 Å². The lowest BCUT2D eigenvalue weighted by Gasteiger charge is -2.19. The Morgan fingerprint density at radius 2 is 2.26 bits per heavy atom. The van der Waals surface area contributed by atoms with Gasteiger partial charge >= 0.3 is 12.0 Å². The summed E-state index contributed by atoms with van der Waals surface area (Å²) in [6.07, 6.45) is 5.87. The van der Waals surface area contributed by atoms with E-state index in [0.717, 1.165) is 11.3 Å². The number of hydrogen-bond acceptors (Lipinski definition) is 2. The molecule has 0 radical (unpaired) electrons. The molecule has 2 amide bonds. The molecule has 1 aromatic carbocycles. The van der Waals surface area contributed by atoms with Gasteiger partial charge < -0.3 is 10.4 Å². The van der Waals surface area contributed by atoms with Crippen LogP contribution in [0, 0.1) is 12.3 Å². The number of urea groups is 1. The summed E-state index contributed by atoms with van der Waals surface area (Å²) in [6.45, 7) is 2.25. The van der Waals surface area contributed by atoms with Crippen LogP contribution in [0.4, 0.5) is 10.5 Å². The molecule has 0 spiro atoms. The predicted octanol–water partition coefficient (Wildman–Crippen LogP) is 1.48. The molecule has 2 N–H and O–H groups in total. The van der Waals surface area contributed by atoms with Gasteiger partial charge in [0.1, 0.15) is 0 Å². The van der Waals surface area contributed by atoms with Crippen molar-refractivity contribution < 1.29 is 14.7 Å². The lowest BCUT2D eigenvalue weighted by molar-refractivity contribution is 0.0697. The Morgan fingerprint density at radius 1 is 1.53 bits per heavy atom. The van der Waals surface area contributed by atoms with Crippen LogP contribution >= 0.6 is 0 Å². The Bertz CT molecular complexity index is 575. The number of carboxylic acid groups (broad SMARTS) is 1. The van der Waals surface area contributed by atoms with E-state index in [4.69, 9.17) is 11.5 Å². The van der Waals surface area contributed by atoms with Crippen LogP contribution in [0.2, 0.25) is 0 Å². The van der Waals surface area contributed by atoms with Crippen LogP contribution in [0.1, 0.15) is 22.8 Å². The maximum atomic E-state index is 12.0. The minimum absolute atomic E-state index is 0.234. The van der Waals surface area contributed by atoms with Gasteiger partial charge in [0.05, 0.1) is 11.6 Å². The average molecular weight is 258 g/mol. The summed E-state index contributed by atoms with van der Waals surface area (Å²) in [7, 11) is 0. The molecule has 2 rings (SSSR count). The third kappa shape index (κ3) is 2.52. The molecule has 1 heterocycles. The number of benzene rings is 1. The minimum atomic E-state index is -0.966. The predicted molar refractivity (Wildman–Crippen MR) is 71.3 cm³/mol. The van der Waals surface area contributed by atoms with Crippen LogP contribution < -0.4 is 10.2 Å². The number of anilines is 1. The van der Waals surface area contributed by atoms with Crippen LogP contribution in [0.5, 0.6) is 0 Å². The molecule has 0 saturated carbocycles. The van der Waals surface area contributed by atoms with Gasteiger partial charge in [0.2, 0.25) is 0 Å². The fourth-order valence-corrected chi connectivity index (χ4v) is 2.05. The highest BCUT2D eigenvalue weighted by Gasteiger charge is 2.25. The minimum Gasteiger partial charge on any atom is -0.478 e. The molecular formula is C14H14N2O3. The SMILES string of the molecule is C#CC(C)NC(=O)N1CCc2cc(C(=O)O)ccc21. The average Bonchev–Trinajstić information content (AvgIpc) is 2.81. The second-order valence-electron chi connectivity index (χ2n) is 4.39. The largest absolute Gasteiger partial charge is 0.478 e. The lowest BCUT2D eigenvalue weighted by Crippen LogP contribution is -2.42. The number of carbonyl (C=O) groups excluding carboxylic acids is 1. The maximum absolute atomic E-state index is 12.0. The van der Waals surface area contributed by atoms with E-state index in [0.29, 0.717) is 13.0 Å². The van der Waals surface area contributed by atoms with Crippen molar-refractivity contribution in [2.75, 3.05) is 11.4 Å². The van der Waals surface area contributed by atoms with Crippen molar-refractivity contribution in [1.82, 2.24) is 5.32 Å². The van der Waals surface area contributed by atoms with E-state index in [-0.39, 0.29) is 17.6 Å². The molecule has 19 heavy (non-hydrogen) atoms. The van der Waals surface area contributed by atoms with E-state index in [9.17, 15) is 9.59 Å². The van der Waals surface area contributed by atoms with Gasteiger partial charge in [0.25, 0.3) is 0 Å². The summed E-state index contributed by atoms with van der Waals surface area (Å²) in [5, 5.41) is 11.6. The normalized spacial score (nSPS) is 14.4. The zero-order valence-corrected chi connectivity index (χ0v) is 10.5. The Kier molecular flexibility index (Phi) is 3.43. The Labute approximate surface area is 111 Å². The summed E-state index contributed by atoms with van der Waals surface area (Å²) in [5.74, 6) is 1.46. The number of rotatable bonds is 2. The molecule has 1 aromatic rings. The second-order valence-corrected chi connectivity index (χ2v) is 4.39. The van der Waals surface area contributed by atoms with E-state index in [1.54, 1.807) is 24.0 Å². The monoisotopic (exact) mass is 258 g/mol. The number of carbonyl (C=O) groups is 2. The highest BCUT2D eigenvalue weighted by Crippen LogP contribution is 2.28. The number of terminal acetylenes is 1. The summed E-state index contributed by atoms with van der Waals surface area (Å²) < 4.78 is 0. The van der Waals surface area contributed by atoms with Gasteiger partial charge in [-0.1, -0.05) is 5.92 Å². The van der Waals surface area contributed by atoms with Crippen molar-refractivity contribution in [1.29, 1.82) is 0 Å². The summed E-state index contributed by atoms with van der Waals surface area (Å²) in [4.78, 5) is 24.5. The molecule has 5 heteroatoms. The first-order valence-corrected chi connectivity index (χ1v) is 5.93. The summed E-state index contributed by atoms with van der Waals surface area (Å²) >= 11 is 0. The van der Waals surface area contributed by atoms with Crippen LogP contribution in [0.25, 0.3) is 0 Å². The number of aromatic carboxylic acids is 1. The van der Waals surface area contributed by atoms with Crippen molar-refractivity contribution in [3.63, 3.8) is 0 Å². The molecule has 0 bridgehead atoms. The Balaban J connectivity index is 2.21. The molecule has 0 aromatic heterocycles. The van der Waals surface area contributed by atoms with E-state index in [1.165, 1.54) is 6.07 Å². The first kappa shape index (κ1) is 13.0. The van der Waals surface area contributed by atoms with E-state index in [2.05, 4.69) is 11.2 Å². The van der Waals surface area contributed by atoms with Crippen LogP contribution in [-0.4, -0.2) is 29.7 Å². The first-order chi connectivity index (χ1) is 9.02. The van der Waals surface area contributed by atoms with E-state index in [1.807, 2.05) is 0 Å². The molecule has 98 valence electrons. The van der Waals surface area contributed by atoms with Gasteiger partial charge in [-0.25, -0.2) is 9.59 Å². The smallest absolute Gasteiger partial charge is 0.335 e. The van der Waals surface area contributed by atoms with E-state index >= 15 is 0 Å². The number of amides is 2. The number of carboxylic acids is 1. The fraction of sp³-hybridized carbons (Fsp3) is 0.286. The zero-order valence-electron chi connectivity index (χ0n) is 10.5. The lowest BCUT2D eigenvalue weighted by atomic mass is 10.1. The third-order valence-corrected chi connectivity index (χ3v) is 3.06. The third-order valence-electron chi connectivity index (χ3n) is 3.06. The van der Waals surface area contributed by atoms with Crippen molar-refractivity contribution in [2.45, 2.75) is 19.4 Å². The van der Waals surface area contributed by atoms with Gasteiger partial charge in [0, 0.05) is 12.2 Å². The quantitative estimate of drug-likeness (QED) is 0.789. The Morgan fingerprint density at radius 3 is 2.89 bits per heavy atom. The molecule has 1 atom stereocenters. The zero-order chi connectivity index (χ0) is 14.0. The van der Waals surface area contributed by atoms with Gasteiger partial charge in [-0.3, -0.25) is 4.90 Å². The molecule has 0 saturated heterocycles. The van der Waals surface area contributed by atoms with Gasteiger partial charge in [0.15, 0.2) is 0 Å². The molecule has 0 fully saturated rings. The second kappa shape index (κ2) is 5.02. The number of nitrogens with one attached hydrogen (secondary N) is 1. The molecule has 1 aliphatic heterocycles. The molecule has 5 nitrogen and oxygen atoms in total. The van der Waals surface area contributed by atoms with Crippen molar-refractivity contribution in [2.24, 2.45) is 0 Å². The van der Waals surface area contributed by atoms with Crippen LogP contribution in [-0.2, 0) is 6.42 Å².